The molecule has 0 heterocycles. The number of hydrogen-bond donors (Lipinski definition) is 1. The molecule has 78 valence electrons. The van der Waals surface area contributed by atoms with Crippen LogP contribution in [0.2, 0.25) is 0 Å². The quantitative estimate of drug-likeness (QED) is 0.849. The molecule has 0 radical (unpaired) electrons. The maximum Gasteiger partial charge on any atom is 0.0726 e. The third-order valence-corrected chi connectivity index (χ3v) is 4.45. The minimum atomic E-state index is -2.64. The minimum Gasteiger partial charge on any atom is -0.249 e. The van der Waals surface area contributed by atoms with E-state index in [1.54, 1.807) is 24.3 Å². The van der Waals surface area contributed by atoms with Crippen molar-refractivity contribution in [2.45, 2.75) is 11.3 Å². The van der Waals surface area contributed by atoms with Crippen LogP contribution in [0.4, 0.5) is 0 Å². The molecule has 14 heavy (non-hydrogen) atoms. The van der Waals surface area contributed by atoms with E-state index in [1.807, 2.05) is 0 Å². The van der Waals surface area contributed by atoms with Gasteiger partial charge in [-0.2, -0.15) is 0 Å². The SMILES string of the molecule is N=S(=O)(CCCCl)c1ccc(Br)cc1. The zero-order valence-electron chi connectivity index (χ0n) is 7.50. The van der Waals surface area contributed by atoms with Gasteiger partial charge in [0, 0.05) is 21.0 Å². The van der Waals surface area contributed by atoms with Crippen LogP contribution in [0.3, 0.4) is 0 Å². The lowest BCUT2D eigenvalue weighted by Gasteiger charge is -2.06. The van der Waals surface area contributed by atoms with Crippen LogP contribution in [0.5, 0.6) is 0 Å². The van der Waals surface area contributed by atoms with Gasteiger partial charge in [-0.25, -0.2) is 8.99 Å². The van der Waals surface area contributed by atoms with Gasteiger partial charge in [-0.05, 0) is 30.7 Å². The van der Waals surface area contributed by atoms with Crippen molar-refractivity contribution in [3.05, 3.63) is 28.7 Å². The highest BCUT2D eigenvalue weighted by Gasteiger charge is 2.08. The first kappa shape index (κ1) is 12.0. The standard InChI is InChI=1S/C9H11BrClNOS/c10-8-2-4-9(5-3-8)14(12,13)7-1-6-11/h2-5,12H,1,6-7H2. The van der Waals surface area contributed by atoms with Crippen molar-refractivity contribution in [2.75, 3.05) is 11.6 Å². The fraction of sp³-hybridized carbons (Fsp3) is 0.333. The molecule has 1 unspecified atom stereocenters. The van der Waals surface area contributed by atoms with Gasteiger partial charge in [0.2, 0.25) is 0 Å². The van der Waals surface area contributed by atoms with Crippen LogP contribution in [0, 0.1) is 4.78 Å². The monoisotopic (exact) mass is 295 g/mol. The van der Waals surface area contributed by atoms with Crippen molar-refractivity contribution >= 4 is 37.3 Å². The third kappa shape index (κ3) is 3.26. The van der Waals surface area contributed by atoms with E-state index in [2.05, 4.69) is 15.9 Å². The van der Waals surface area contributed by atoms with Crippen molar-refractivity contribution in [1.29, 1.82) is 4.78 Å². The summed E-state index contributed by atoms with van der Waals surface area (Å²) in [4.78, 5) is 0.575. The third-order valence-electron chi connectivity index (χ3n) is 1.76. The maximum absolute atomic E-state index is 11.9. The summed E-state index contributed by atoms with van der Waals surface area (Å²) >= 11 is 8.79. The molecule has 0 bridgehead atoms. The van der Waals surface area contributed by atoms with Gasteiger partial charge < -0.3 is 0 Å². The summed E-state index contributed by atoms with van der Waals surface area (Å²) in [7, 11) is -2.64. The molecule has 0 aliphatic carbocycles. The van der Waals surface area contributed by atoms with Crippen LogP contribution in [0.25, 0.3) is 0 Å². The molecule has 1 atom stereocenters. The Balaban J connectivity index is 2.87. The summed E-state index contributed by atoms with van der Waals surface area (Å²) < 4.78 is 20.5. The Morgan fingerprint density at radius 3 is 2.43 bits per heavy atom. The van der Waals surface area contributed by atoms with Crippen molar-refractivity contribution < 1.29 is 4.21 Å². The fourth-order valence-corrected chi connectivity index (χ4v) is 2.95. The van der Waals surface area contributed by atoms with E-state index in [0.717, 1.165) is 4.47 Å². The van der Waals surface area contributed by atoms with E-state index in [0.29, 0.717) is 22.9 Å². The molecule has 2 nitrogen and oxygen atoms in total. The predicted octanol–water partition coefficient (Wildman–Crippen LogP) is 3.48. The maximum atomic E-state index is 11.9. The van der Waals surface area contributed by atoms with Gasteiger partial charge in [-0.1, -0.05) is 15.9 Å². The molecule has 0 spiro atoms. The van der Waals surface area contributed by atoms with Gasteiger partial charge in [0.05, 0.1) is 9.73 Å². The van der Waals surface area contributed by atoms with Gasteiger partial charge >= 0.3 is 0 Å². The predicted molar refractivity (Wildman–Crippen MR) is 63.5 cm³/mol. The summed E-state index contributed by atoms with van der Waals surface area (Å²) in [5.41, 5.74) is 0. The molecule has 1 aromatic rings. The van der Waals surface area contributed by atoms with Crippen molar-refractivity contribution in [3.8, 4) is 0 Å². The number of alkyl halides is 1. The van der Waals surface area contributed by atoms with Crippen LogP contribution < -0.4 is 0 Å². The fourth-order valence-electron chi connectivity index (χ4n) is 1.03. The van der Waals surface area contributed by atoms with Crippen LogP contribution in [-0.2, 0) is 9.73 Å². The van der Waals surface area contributed by atoms with Gasteiger partial charge in [0.15, 0.2) is 0 Å². The largest absolute Gasteiger partial charge is 0.249 e. The topological polar surface area (TPSA) is 40.9 Å². The second kappa shape index (κ2) is 5.14. The van der Waals surface area contributed by atoms with Gasteiger partial charge in [-0.15, -0.1) is 11.6 Å². The van der Waals surface area contributed by atoms with E-state index >= 15 is 0 Å². The summed E-state index contributed by atoms with van der Waals surface area (Å²) in [6, 6.07) is 7.02. The average molecular weight is 297 g/mol. The second-order valence-corrected chi connectivity index (χ2v) is 6.40. The van der Waals surface area contributed by atoms with Crippen molar-refractivity contribution in [3.63, 3.8) is 0 Å². The van der Waals surface area contributed by atoms with Crippen LogP contribution >= 0.6 is 27.5 Å². The Morgan fingerprint density at radius 2 is 1.93 bits per heavy atom. The Hall–Kier alpha value is -0.0600. The lowest BCUT2D eigenvalue weighted by molar-refractivity contribution is 0.673. The minimum absolute atomic E-state index is 0.331. The highest BCUT2D eigenvalue weighted by molar-refractivity contribution is 9.10. The number of benzene rings is 1. The molecule has 0 fully saturated rings. The molecule has 5 heteroatoms. The zero-order valence-corrected chi connectivity index (χ0v) is 10.7. The number of nitrogens with one attached hydrogen (secondary N) is 1. The van der Waals surface area contributed by atoms with E-state index in [1.165, 1.54) is 0 Å². The van der Waals surface area contributed by atoms with Gasteiger partial charge in [0.1, 0.15) is 0 Å². The highest BCUT2D eigenvalue weighted by atomic mass is 79.9. The number of hydrogen-bond acceptors (Lipinski definition) is 2. The molecule has 1 aromatic carbocycles. The van der Waals surface area contributed by atoms with Crippen molar-refractivity contribution in [1.82, 2.24) is 0 Å². The molecule has 0 amide bonds. The summed E-state index contributed by atoms with van der Waals surface area (Å²) in [5.74, 6) is 0.782. The van der Waals surface area contributed by atoms with E-state index < -0.39 is 9.73 Å². The molecule has 0 aromatic heterocycles. The lowest BCUT2D eigenvalue weighted by atomic mass is 10.4. The normalized spacial score (nSPS) is 15.0. The van der Waals surface area contributed by atoms with Crippen LogP contribution in [0.1, 0.15) is 6.42 Å². The Labute approximate surface area is 97.8 Å². The Kier molecular flexibility index (Phi) is 4.41. The molecule has 1 rings (SSSR count). The Morgan fingerprint density at radius 1 is 1.36 bits per heavy atom. The first-order chi connectivity index (χ1) is 6.56. The molecule has 0 saturated carbocycles. The number of halogens is 2. The second-order valence-electron chi connectivity index (χ2n) is 2.88. The van der Waals surface area contributed by atoms with Crippen LogP contribution in [-0.4, -0.2) is 15.8 Å². The van der Waals surface area contributed by atoms with E-state index in [4.69, 9.17) is 16.4 Å². The van der Waals surface area contributed by atoms with Gasteiger partial charge in [0.25, 0.3) is 0 Å². The van der Waals surface area contributed by atoms with E-state index in [9.17, 15) is 4.21 Å². The van der Waals surface area contributed by atoms with Gasteiger partial charge in [-0.3, -0.25) is 0 Å². The molecule has 0 aliphatic heterocycles. The van der Waals surface area contributed by atoms with Crippen LogP contribution in [0.15, 0.2) is 33.6 Å². The summed E-state index contributed by atoms with van der Waals surface area (Å²) in [5, 5.41) is 0. The molecular formula is C9H11BrClNOS. The van der Waals surface area contributed by atoms with E-state index in [-0.39, 0.29) is 0 Å². The zero-order chi connectivity index (χ0) is 10.6. The first-order valence-electron chi connectivity index (χ1n) is 4.14. The van der Waals surface area contributed by atoms with Crippen molar-refractivity contribution in [2.24, 2.45) is 0 Å². The molecule has 0 aliphatic rings. The summed E-state index contributed by atoms with van der Waals surface area (Å²) in [6.07, 6.45) is 0.611. The lowest BCUT2D eigenvalue weighted by Crippen LogP contribution is -2.05. The highest BCUT2D eigenvalue weighted by Crippen LogP contribution is 2.17. The number of rotatable bonds is 4. The Bertz CT molecular complexity index is 388. The smallest absolute Gasteiger partial charge is 0.0726 e. The molecule has 0 saturated heterocycles. The first-order valence-corrected chi connectivity index (χ1v) is 7.20. The average Bonchev–Trinajstić information content (AvgIpc) is 2.16. The summed E-state index contributed by atoms with van der Waals surface area (Å²) in [6.45, 7) is 0. The molecular weight excluding hydrogens is 286 g/mol. The molecule has 1 N–H and O–H groups in total.